The van der Waals surface area contributed by atoms with Gasteiger partial charge in [0.25, 0.3) is 0 Å². The van der Waals surface area contributed by atoms with Crippen molar-refractivity contribution < 1.29 is 9.84 Å². The van der Waals surface area contributed by atoms with Gasteiger partial charge in [0.05, 0.1) is 12.7 Å². The minimum Gasteiger partial charge on any atom is -0.389 e. The Morgan fingerprint density at radius 2 is 2.10 bits per heavy atom. The SMILES string of the molecule is C#CC(C)(C)OC[C@H](O)CN1CCc2ccccc2C1. The Bertz CT molecular complexity index is 490. The van der Waals surface area contributed by atoms with Crippen molar-refractivity contribution in [1.29, 1.82) is 0 Å². The molecule has 1 aliphatic heterocycles. The summed E-state index contributed by atoms with van der Waals surface area (Å²) in [5, 5.41) is 10.1. The molecule has 2 rings (SSSR count). The number of rotatable bonds is 5. The van der Waals surface area contributed by atoms with Crippen molar-refractivity contribution in [2.45, 2.75) is 38.5 Å². The van der Waals surface area contributed by atoms with Crippen molar-refractivity contribution in [1.82, 2.24) is 4.90 Å². The Hall–Kier alpha value is -1.34. The molecule has 3 heteroatoms. The van der Waals surface area contributed by atoms with Crippen LogP contribution in [0, 0.1) is 12.3 Å². The summed E-state index contributed by atoms with van der Waals surface area (Å²) >= 11 is 0. The van der Waals surface area contributed by atoms with Crippen LogP contribution in [0.5, 0.6) is 0 Å². The van der Waals surface area contributed by atoms with E-state index in [9.17, 15) is 5.11 Å². The zero-order valence-corrected chi connectivity index (χ0v) is 12.3. The molecule has 1 atom stereocenters. The molecule has 1 N–H and O–H groups in total. The van der Waals surface area contributed by atoms with Crippen LogP contribution in [0.1, 0.15) is 25.0 Å². The molecule has 0 unspecified atom stereocenters. The van der Waals surface area contributed by atoms with Crippen LogP contribution in [0.4, 0.5) is 0 Å². The summed E-state index contributed by atoms with van der Waals surface area (Å²) in [6.07, 6.45) is 5.90. The number of β-amino-alcohol motifs (C(OH)–C–C–N with tert-alkyl or cyclic N) is 1. The Labute approximate surface area is 121 Å². The van der Waals surface area contributed by atoms with Crippen LogP contribution in [0.15, 0.2) is 24.3 Å². The molecule has 1 aromatic rings. The number of hydrogen-bond donors (Lipinski definition) is 1. The van der Waals surface area contributed by atoms with Crippen LogP contribution >= 0.6 is 0 Å². The highest BCUT2D eigenvalue weighted by atomic mass is 16.5. The number of terminal acetylenes is 1. The Morgan fingerprint density at radius 3 is 2.80 bits per heavy atom. The third-order valence-electron chi connectivity index (χ3n) is 3.66. The maximum atomic E-state index is 10.1. The summed E-state index contributed by atoms with van der Waals surface area (Å²) in [5.41, 5.74) is 2.16. The van der Waals surface area contributed by atoms with Crippen LogP contribution in [-0.2, 0) is 17.7 Å². The third-order valence-corrected chi connectivity index (χ3v) is 3.66. The first kappa shape index (κ1) is 15.1. The van der Waals surface area contributed by atoms with Gasteiger partial charge in [0.1, 0.15) is 5.60 Å². The summed E-state index contributed by atoms with van der Waals surface area (Å²) in [4.78, 5) is 2.26. The maximum Gasteiger partial charge on any atom is 0.122 e. The predicted molar refractivity (Wildman–Crippen MR) is 80.3 cm³/mol. The smallest absolute Gasteiger partial charge is 0.122 e. The van der Waals surface area contributed by atoms with E-state index < -0.39 is 11.7 Å². The fourth-order valence-electron chi connectivity index (χ4n) is 2.41. The van der Waals surface area contributed by atoms with Crippen LogP contribution in [0.3, 0.4) is 0 Å². The first-order chi connectivity index (χ1) is 9.50. The van der Waals surface area contributed by atoms with Crippen LogP contribution in [-0.4, -0.2) is 41.4 Å². The normalized spacial score (nSPS) is 17.3. The Balaban J connectivity index is 1.82. The number of nitrogens with zero attached hydrogens (tertiary/aromatic N) is 1. The lowest BCUT2D eigenvalue weighted by Gasteiger charge is -2.31. The van der Waals surface area contributed by atoms with Gasteiger partial charge in [0, 0.05) is 19.6 Å². The lowest BCUT2D eigenvalue weighted by Crippen LogP contribution is -2.39. The number of aliphatic hydroxyl groups excluding tert-OH is 1. The topological polar surface area (TPSA) is 32.7 Å². The molecule has 1 aliphatic rings. The van der Waals surface area contributed by atoms with E-state index in [4.69, 9.17) is 11.2 Å². The summed E-state index contributed by atoms with van der Waals surface area (Å²) < 4.78 is 5.54. The molecule has 108 valence electrons. The molecule has 0 saturated heterocycles. The van der Waals surface area contributed by atoms with Crippen molar-refractivity contribution in [2.24, 2.45) is 0 Å². The van der Waals surface area contributed by atoms with Gasteiger partial charge in [0.2, 0.25) is 0 Å². The van der Waals surface area contributed by atoms with Gasteiger partial charge >= 0.3 is 0 Å². The van der Waals surface area contributed by atoms with Gasteiger partial charge in [-0.15, -0.1) is 6.42 Å². The van der Waals surface area contributed by atoms with Crippen molar-refractivity contribution in [2.75, 3.05) is 19.7 Å². The summed E-state index contributed by atoms with van der Waals surface area (Å²) in [6, 6.07) is 8.49. The zero-order chi connectivity index (χ0) is 14.6. The van der Waals surface area contributed by atoms with Gasteiger partial charge in [-0.1, -0.05) is 30.2 Å². The maximum absolute atomic E-state index is 10.1. The van der Waals surface area contributed by atoms with Gasteiger partial charge in [-0.25, -0.2) is 0 Å². The molecule has 1 aromatic carbocycles. The molecule has 3 nitrogen and oxygen atoms in total. The first-order valence-electron chi connectivity index (χ1n) is 7.09. The molecular weight excluding hydrogens is 250 g/mol. The molecule has 0 spiro atoms. The molecule has 0 aliphatic carbocycles. The van der Waals surface area contributed by atoms with E-state index >= 15 is 0 Å². The Kier molecular flexibility index (Phi) is 4.82. The molecule has 0 aromatic heterocycles. The standard InChI is InChI=1S/C17H23NO2/c1-4-17(2,3)20-13-16(19)12-18-10-9-14-7-5-6-8-15(14)11-18/h1,5-8,16,19H,9-13H2,2-3H3/t16-/m1/s1. The fraction of sp³-hybridized carbons (Fsp3) is 0.529. The van der Waals surface area contributed by atoms with Crippen molar-refractivity contribution in [3.8, 4) is 12.3 Å². The fourth-order valence-corrected chi connectivity index (χ4v) is 2.41. The molecule has 0 amide bonds. The second kappa shape index (κ2) is 6.41. The highest BCUT2D eigenvalue weighted by molar-refractivity contribution is 5.29. The summed E-state index contributed by atoms with van der Waals surface area (Å²) in [7, 11) is 0. The van der Waals surface area contributed by atoms with Gasteiger partial charge in [-0.2, -0.15) is 0 Å². The zero-order valence-electron chi connectivity index (χ0n) is 12.3. The quantitative estimate of drug-likeness (QED) is 0.831. The van der Waals surface area contributed by atoms with E-state index in [1.807, 2.05) is 13.8 Å². The summed E-state index contributed by atoms with van der Waals surface area (Å²) in [5.74, 6) is 2.57. The first-order valence-corrected chi connectivity index (χ1v) is 7.09. The van der Waals surface area contributed by atoms with E-state index in [0.29, 0.717) is 6.54 Å². The molecule has 1 heterocycles. The molecule has 0 bridgehead atoms. The van der Waals surface area contributed by atoms with Gasteiger partial charge < -0.3 is 9.84 Å². The number of ether oxygens (including phenoxy) is 1. The van der Waals surface area contributed by atoms with E-state index in [-0.39, 0.29) is 6.61 Å². The molecular formula is C17H23NO2. The average Bonchev–Trinajstić information content (AvgIpc) is 2.45. The monoisotopic (exact) mass is 273 g/mol. The van der Waals surface area contributed by atoms with Crippen molar-refractivity contribution >= 4 is 0 Å². The van der Waals surface area contributed by atoms with Crippen LogP contribution in [0.25, 0.3) is 0 Å². The number of hydrogen-bond acceptors (Lipinski definition) is 3. The van der Waals surface area contributed by atoms with Gasteiger partial charge in [-0.05, 0) is 31.4 Å². The van der Waals surface area contributed by atoms with Crippen molar-refractivity contribution in [3.05, 3.63) is 35.4 Å². The highest BCUT2D eigenvalue weighted by Gasteiger charge is 2.21. The number of aliphatic hydroxyl groups is 1. The minimum absolute atomic E-state index is 0.273. The molecule has 0 fully saturated rings. The predicted octanol–water partition coefficient (Wildman–Crippen LogP) is 1.83. The van der Waals surface area contributed by atoms with E-state index in [2.05, 4.69) is 35.1 Å². The second-order valence-corrected chi connectivity index (χ2v) is 5.87. The van der Waals surface area contributed by atoms with Crippen LogP contribution in [0.2, 0.25) is 0 Å². The lowest BCUT2D eigenvalue weighted by atomic mass is 10.00. The largest absolute Gasteiger partial charge is 0.389 e. The van der Waals surface area contributed by atoms with Gasteiger partial charge in [-0.3, -0.25) is 4.90 Å². The Morgan fingerprint density at radius 1 is 1.40 bits per heavy atom. The number of benzene rings is 1. The van der Waals surface area contributed by atoms with Crippen molar-refractivity contribution in [3.63, 3.8) is 0 Å². The highest BCUT2D eigenvalue weighted by Crippen LogP contribution is 2.18. The van der Waals surface area contributed by atoms with Crippen LogP contribution < -0.4 is 0 Å². The summed E-state index contributed by atoms with van der Waals surface area (Å²) in [6.45, 7) is 6.43. The molecule has 0 saturated carbocycles. The average molecular weight is 273 g/mol. The van der Waals surface area contributed by atoms with E-state index in [0.717, 1.165) is 19.5 Å². The minimum atomic E-state index is -0.616. The molecule has 20 heavy (non-hydrogen) atoms. The van der Waals surface area contributed by atoms with Gasteiger partial charge in [0.15, 0.2) is 0 Å². The second-order valence-electron chi connectivity index (χ2n) is 5.87. The lowest BCUT2D eigenvalue weighted by molar-refractivity contribution is -0.0384. The van der Waals surface area contributed by atoms with E-state index in [1.165, 1.54) is 11.1 Å². The molecule has 0 radical (unpaired) electrons. The van der Waals surface area contributed by atoms with E-state index in [1.54, 1.807) is 0 Å². The third kappa shape index (κ3) is 4.08. The number of fused-ring (bicyclic) bond motifs is 1.